The van der Waals surface area contributed by atoms with Crippen LogP contribution >= 0.6 is 11.6 Å². The van der Waals surface area contributed by atoms with Crippen molar-refractivity contribution in [3.05, 3.63) is 28.8 Å². The SMILES string of the molecule is COc1cc([C@@H](N)[C@H](C)O)ccc1Cl. The average Bonchev–Trinajstić information content (AvgIpc) is 2.17. The highest BCUT2D eigenvalue weighted by molar-refractivity contribution is 6.32. The van der Waals surface area contributed by atoms with Crippen molar-refractivity contribution in [1.29, 1.82) is 0 Å². The first kappa shape index (κ1) is 11.3. The molecule has 0 aromatic heterocycles. The van der Waals surface area contributed by atoms with Crippen LogP contribution in [0.25, 0.3) is 0 Å². The van der Waals surface area contributed by atoms with Crippen molar-refractivity contribution >= 4 is 11.6 Å². The summed E-state index contributed by atoms with van der Waals surface area (Å²) < 4.78 is 5.05. The molecule has 0 spiro atoms. The Kier molecular flexibility index (Phi) is 3.75. The van der Waals surface area contributed by atoms with Gasteiger partial charge in [0.05, 0.1) is 24.3 Å². The van der Waals surface area contributed by atoms with Crippen molar-refractivity contribution in [3.63, 3.8) is 0 Å². The Bertz CT molecular complexity index is 315. The number of benzene rings is 1. The highest BCUT2D eigenvalue weighted by atomic mass is 35.5. The third-order valence-corrected chi connectivity index (χ3v) is 2.39. The van der Waals surface area contributed by atoms with E-state index < -0.39 is 12.1 Å². The van der Waals surface area contributed by atoms with Crippen molar-refractivity contribution in [3.8, 4) is 5.75 Å². The lowest BCUT2D eigenvalue weighted by molar-refractivity contribution is 0.164. The molecule has 0 saturated carbocycles. The molecule has 4 heteroatoms. The summed E-state index contributed by atoms with van der Waals surface area (Å²) in [4.78, 5) is 0. The van der Waals surface area contributed by atoms with Gasteiger partial charge in [0, 0.05) is 0 Å². The van der Waals surface area contributed by atoms with Gasteiger partial charge in [-0.15, -0.1) is 0 Å². The second kappa shape index (κ2) is 4.64. The van der Waals surface area contributed by atoms with Gasteiger partial charge in [0.1, 0.15) is 5.75 Å². The summed E-state index contributed by atoms with van der Waals surface area (Å²) in [7, 11) is 1.54. The molecule has 1 aromatic carbocycles. The Labute approximate surface area is 88.4 Å². The van der Waals surface area contributed by atoms with E-state index in [1.165, 1.54) is 0 Å². The van der Waals surface area contributed by atoms with E-state index in [0.717, 1.165) is 5.56 Å². The van der Waals surface area contributed by atoms with Crippen molar-refractivity contribution in [2.45, 2.75) is 19.1 Å². The first-order chi connectivity index (χ1) is 6.56. The van der Waals surface area contributed by atoms with Gasteiger partial charge in [0.2, 0.25) is 0 Å². The van der Waals surface area contributed by atoms with Gasteiger partial charge in [-0.3, -0.25) is 0 Å². The predicted molar refractivity (Wildman–Crippen MR) is 56.6 cm³/mol. The zero-order valence-electron chi connectivity index (χ0n) is 8.20. The van der Waals surface area contributed by atoms with Gasteiger partial charge in [-0.25, -0.2) is 0 Å². The Morgan fingerprint density at radius 1 is 1.50 bits per heavy atom. The van der Waals surface area contributed by atoms with Crippen LogP contribution in [0.2, 0.25) is 5.02 Å². The molecule has 0 fully saturated rings. The number of aliphatic hydroxyl groups is 1. The minimum absolute atomic E-state index is 0.416. The summed E-state index contributed by atoms with van der Waals surface area (Å²) in [6, 6.07) is 4.81. The fourth-order valence-electron chi connectivity index (χ4n) is 1.16. The molecule has 0 heterocycles. The van der Waals surface area contributed by atoms with E-state index in [1.807, 2.05) is 0 Å². The monoisotopic (exact) mass is 215 g/mol. The van der Waals surface area contributed by atoms with Crippen molar-refractivity contribution < 1.29 is 9.84 Å². The molecule has 0 aliphatic rings. The predicted octanol–water partition coefficient (Wildman–Crippen LogP) is 1.73. The summed E-state index contributed by atoms with van der Waals surface area (Å²) in [5.41, 5.74) is 6.57. The number of rotatable bonds is 3. The van der Waals surface area contributed by atoms with E-state index in [9.17, 15) is 5.11 Å². The number of ether oxygens (including phenoxy) is 1. The first-order valence-electron chi connectivity index (χ1n) is 4.33. The quantitative estimate of drug-likeness (QED) is 0.808. The standard InChI is InChI=1S/C10H14ClNO2/c1-6(13)10(12)7-3-4-8(11)9(5-7)14-2/h3-6,10,13H,12H2,1-2H3/t6-,10-/m0/s1. The lowest BCUT2D eigenvalue weighted by atomic mass is 10.0. The molecule has 1 rings (SSSR count). The lowest BCUT2D eigenvalue weighted by Crippen LogP contribution is -2.23. The molecular formula is C10H14ClNO2. The Morgan fingerprint density at radius 2 is 2.14 bits per heavy atom. The number of methoxy groups -OCH3 is 1. The fourth-order valence-corrected chi connectivity index (χ4v) is 1.36. The second-order valence-electron chi connectivity index (χ2n) is 3.16. The van der Waals surface area contributed by atoms with E-state index in [1.54, 1.807) is 32.2 Å². The minimum Gasteiger partial charge on any atom is -0.495 e. The number of halogens is 1. The van der Waals surface area contributed by atoms with E-state index in [4.69, 9.17) is 22.1 Å². The van der Waals surface area contributed by atoms with Gasteiger partial charge >= 0.3 is 0 Å². The smallest absolute Gasteiger partial charge is 0.137 e. The maximum absolute atomic E-state index is 9.31. The maximum atomic E-state index is 9.31. The van der Waals surface area contributed by atoms with Crippen LogP contribution in [0.4, 0.5) is 0 Å². The third-order valence-electron chi connectivity index (χ3n) is 2.08. The normalized spacial score (nSPS) is 14.9. The average molecular weight is 216 g/mol. The lowest BCUT2D eigenvalue weighted by Gasteiger charge is -2.16. The Hall–Kier alpha value is -0.770. The zero-order chi connectivity index (χ0) is 10.7. The van der Waals surface area contributed by atoms with Gasteiger partial charge in [0.15, 0.2) is 0 Å². The van der Waals surface area contributed by atoms with Crippen molar-refractivity contribution in [2.24, 2.45) is 5.73 Å². The minimum atomic E-state index is -0.596. The Balaban J connectivity index is 3.00. The van der Waals surface area contributed by atoms with Crippen LogP contribution in [-0.4, -0.2) is 18.3 Å². The van der Waals surface area contributed by atoms with E-state index in [2.05, 4.69) is 0 Å². The molecule has 0 amide bonds. The molecule has 2 atom stereocenters. The topological polar surface area (TPSA) is 55.5 Å². The van der Waals surface area contributed by atoms with Crippen LogP contribution in [0.15, 0.2) is 18.2 Å². The molecule has 0 saturated heterocycles. The van der Waals surface area contributed by atoms with Crippen LogP contribution in [-0.2, 0) is 0 Å². The fraction of sp³-hybridized carbons (Fsp3) is 0.400. The molecule has 0 radical (unpaired) electrons. The molecule has 0 unspecified atom stereocenters. The molecule has 3 nitrogen and oxygen atoms in total. The summed E-state index contributed by atoms with van der Waals surface area (Å²) in [5.74, 6) is 0.570. The van der Waals surface area contributed by atoms with Crippen LogP contribution in [0, 0.1) is 0 Å². The maximum Gasteiger partial charge on any atom is 0.137 e. The molecule has 0 bridgehead atoms. The molecule has 0 aliphatic heterocycles. The molecule has 3 N–H and O–H groups in total. The molecule has 78 valence electrons. The highest BCUT2D eigenvalue weighted by Gasteiger charge is 2.13. The van der Waals surface area contributed by atoms with Crippen LogP contribution in [0.3, 0.4) is 0 Å². The molecule has 0 aliphatic carbocycles. The van der Waals surface area contributed by atoms with Gasteiger partial charge in [-0.05, 0) is 24.6 Å². The molecular weight excluding hydrogens is 202 g/mol. The van der Waals surface area contributed by atoms with Gasteiger partial charge in [0.25, 0.3) is 0 Å². The van der Waals surface area contributed by atoms with Crippen LogP contribution in [0.5, 0.6) is 5.75 Å². The van der Waals surface area contributed by atoms with Gasteiger partial charge < -0.3 is 15.6 Å². The van der Waals surface area contributed by atoms with Crippen molar-refractivity contribution in [2.75, 3.05) is 7.11 Å². The number of hydrogen-bond acceptors (Lipinski definition) is 3. The van der Waals surface area contributed by atoms with Crippen molar-refractivity contribution in [1.82, 2.24) is 0 Å². The largest absolute Gasteiger partial charge is 0.495 e. The van der Waals surface area contributed by atoms with E-state index >= 15 is 0 Å². The second-order valence-corrected chi connectivity index (χ2v) is 3.57. The number of aliphatic hydroxyl groups excluding tert-OH is 1. The molecule has 14 heavy (non-hydrogen) atoms. The van der Waals surface area contributed by atoms with Crippen LogP contribution < -0.4 is 10.5 Å². The number of hydrogen-bond donors (Lipinski definition) is 2. The van der Waals surface area contributed by atoms with Crippen LogP contribution in [0.1, 0.15) is 18.5 Å². The van der Waals surface area contributed by atoms with Gasteiger partial charge in [-0.2, -0.15) is 0 Å². The first-order valence-corrected chi connectivity index (χ1v) is 4.71. The highest BCUT2D eigenvalue weighted by Crippen LogP contribution is 2.27. The summed E-state index contributed by atoms with van der Waals surface area (Å²) in [6.07, 6.45) is -0.596. The molecule has 1 aromatic rings. The Morgan fingerprint density at radius 3 is 2.64 bits per heavy atom. The summed E-state index contributed by atoms with van der Waals surface area (Å²) >= 11 is 5.85. The van der Waals surface area contributed by atoms with E-state index in [0.29, 0.717) is 10.8 Å². The van der Waals surface area contributed by atoms with Gasteiger partial charge in [-0.1, -0.05) is 17.7 Å². The zero-order valence-corrected chi connectivity index (χ0v) is 8.95. The summed E-state index contributed by atoms with van der Waals surface area (Å²) in [6.45, 7) is 1.64. The number of nitrogens with two attached hydrogens (primary N) is 1. The third kappa shape index (κ3) is 2.38. The van der Waals surface area contributed by atoms with E-state index in [-0.39, 0.29) is 0 Å². The summed E-state index contributed by atoms with van der Waals surface area (Å²) in [5, 5.41) is 9.84.